The van der Waals surface area contributed by atoms with Crippen LogP contribution in [-0.4, -0.2) is 27.2 Å². The smallest absolute Gasteiger partial charge is 0.256 e. The van der Waals surface area contributed by atoms with Crippen molar-refractivity contribution in [3.8, 4) is 16.9 Å². The van der Waals surface area contributed by atoms with Gasteiger partial charge < -0.3 is 5.32 Å². The van der Waals surface area contributed by atoms with Crippen molar-refractivity contribution in [1.82, 2.24) is 25.6 Å². The summed E-state index contributed by atoms with van der Waals surface area (Å²) in [6, 6.07) is 16.6. The van der Waals surface area contributed by atoms with Crippen molar-refractivity contribution in [2.75, 3.05) is 11.9 Å². The van der Waals surface area contributed by atoms with Crippen LogP contribution in [0.3, 0.4) is 0 Å². The highest BCUT2D eigenvalue weighted by molar-refractivity contribution is 6.31. The third kappa shape index (κ3) is 4.49. The first-order chi connectivity index (χ1) is 16.1. The number of rotatable bonds is 5. The van der Waals surface area contributed by atoms with Crippen LogP contribution in [0.1, 0.15) is 28.4 Å². The maximum absolute atomic E-state index is 13.5. The fraction of sp³-hybridized carbons (Fsp3) is 0.125. The van der Waals surface area contributed by atoms with Gasteiger partial charge >= 0.3 is 0 Å². The second-order valence-corrected chi connectivity index (χ2v) is 8.05. The molecule has 0 spiro atoms. The summed E-state index contributed by atoms with van der Waals surface area (Å²) in [4.78, 5) is 17.2. The van der Waals surface area contributed by atoms with E-state index in [1.165, 1.54) is 12.1 Å². The molecule has 7 nitrogen and oxygen atoms in total. The Morgan fingerprint density at radius 1 is 1.09 bits per heavy atom. The van der Waals surface area contributed by atoms with Gasteiger partial charge in [-0.15, -0.1) is 0 Å². The number of aromatic nitrogens is 3. The highest BCUT2D eigenvalue weighted by Crippen LogP contribution is 2.29. The van der Waals surface area contributed by atoms with E-state index in [2.05, 4.69) is 26.3 Å². The molecule has 4 aromatic rings. The van der Waals surface area contributed by atoms with Crippen molar-refractivity contribution in [3.63, 3.8) is 0 Å². The average Bonchev–Trinajstić information content (AvgIpc) is 3.51. The van der Waals surface area contributed by atoms with Crippen LogP contribution in [0.4, 0.5) is 10.2 Å². The minimum absolute atomic E-state index is 0.0354. The predicted molar refractivity (Wildman–Crippen MR) is 125 cm³/mol. The Bertz CT molecular complexity index is 1290. The Balaban J connectivity index is 1.49. The van der Waals surface area contributed by atoms with Gasteiger partial charge in [-0.1, -0.05) is 11.6 Å². The molecule has 3 N–H and O–H groups in total. The Kier molecular flexibility index (Phi) is 5.87. The van der Waals surface area contributed by atoms with Crippen LogP contribution in [0, 0.1) is 5.82 Å². The number of carbonyl (C=O) groups excluding carboxylic acids is 1. The standard InChI is InChI=1S/C24H20ClFN6O/c25-20-6-1-16(13-19(20)21-9-12-28-30-21)24(33)29-23-14-22(15-7-10-27-11-8-15)31-32(23)18-4-2-17(26)3-5-18/h1-8,10-11,13-14,21,28,30H,9,12H2,(H,29,33). The Morgan fingerprint density at radius 2 is 1.88 bits per heavy atom. The SMILES string of the molecule is O=C(Nc1cc(-c2ccncc2)nn1-c1ccc(F)cc1)c1ccc(Cl)c(C2CCNN2)c1. The zero-order valence-electron chi connectivity index (χ0n) is 17.4. The number of hydrogen-bond acceptors (Lipinski definition) is 5. The number of amides is 1. The first-order valence-corrected chi connectivity index (χ1v) is 10.8. The summed E-state index contributed by atoms with van der Waals surface area (Å²) >= 11 is 6.38. The topological polar surface area (TPSA) is 83.9 Å². The van der Waals surface area contributed by atoms with Crippen molar-refractivity contribution < 1.29 is 9.18 Å². The maximum atomic E-state index is 13.5. The van der Waals surface area contributed by atoms with Crippen LogP contribution in [0.5, 0.6) is 0 Å². The number of nitrogens with zero attached hydrogens (tertiary/aromatic N) is 3. The molecule has 1 amide bonds. The van der Waals surface area contributed by atoms with E-state index in [9.17, 15) is 9.18 Å². The van der Waals surface area contributed by atoms with Crippen molar-refractivity contribution >= 4 is 23.3 Å². The van der Waals surface area contributed by atoms with Crippen LogP contribution in [0.2, 0.25) is 5.02 Å². The number of hydrazine groups is 1. The lowest BCUT2D eigenvalue weighted by molar-refractivity contribution is 0.102. The van der Waals surface area contributed by atoms with Gasteiger partial charge in [-0.05, 0) is 66.6 Å². The van der Waals surface area contributed by atoms with Crippen molar-refractivity contribution in [2.24, 2.45) is 0 Å². The normalized spacial score (nSPS) is 15.5. The quantitative estimate of drug-likeness (QED) is 0.406. The Hall–Kier alpha value is -3.59. The monoisotopic (exact) mass is 462 g/mol. The first kappa shape index (κ1) is 21.3. The van der Waals surface area contributed by atoms with E-state index < -0.39 is 0 Å². The third-order valence-corrected chi connectivity index (χ3v) is 5.81. The molecular weight excluding hydrogens is 443 g/mol. The maximum Gasteiger partial charge on any atom is 0.256 e. The molecule has 1 aliphatic rings. The summed E-state index contributed by atoms with van der Waals surface area (Å²) in [6.07, 6.45) is 4.22. The Morgan fingerprint density at radius 3 is 2.61 bits per heavy atom. The van der Waals surface area contributed by atoms with Gasteiger partial charge in [0.25, 0.3) is 5.91 Å². The molecule has 1 aliphatic heterocycles. The predicted octanol–water partition coefficient (Wildman–Crippen LogP) is 4.52. The summed E-state index contributed by atoms with van der Waals surface area (Å²) in [5.74, 6) is -0.200. The van der Waals surface area contributed by atoms with E-state index in [0.29, 0.717) is 27.8 Å². The number of carbonyl (C=O) groups is 1. The fourth-order valence-electron chi connectivity index (χ4n) is 3.77. The van der Waals surface area contributed by atoms with E-state index in [1.54, 1.807) is 53.5 Å². The largest absolute Gasteiger partial charge is 0.306 e. The molecule has 3 heterocycles. The molecule has 0 radical (unpaired) electrons. The minimum Gasteiger partial charge on any atom is -0.306 e. The molecule has 1 fully saturated rings. The minimum atomic E-state index is -0.352. The van der Waals surface area contributed by atoms with Crippen LogP contribution < -0.4 is 16.2 Å². The number of pyridine rings is 1. The van der Waals surface area contributed by atoms with Crippen LogP contribution in [0.25, 0.3) is 16.9 Å². The van der Waals surface area contributed by atoms with Crippen molar-refractivity contribution in [2.45, 2.75) is 12.5 Å². The highest BCUT2D eigenvalue weighted by atomic mass is 35.5. The van der Waals surface area contributed by atoms with Crippen molar-refractivity contribution in [1.29, 1.82) is 0 Å². The second kappa shape index (κ2) is 9.11. The zero-order valence-corrected chi connectivity index (χ0v) is 18.2. The molecule has 1 unspecified atom stereocenters. The number of nitrogens with one attached hydrogen (secondary N) is 3. The molecule has 33 heavy (non-hydrogen) atoms. The molecule has 0 aliphatic carbocycles. The van der Waals surface area contributed by atoms with Gasteiger partial charge in [0.05, 0.1) is 11.4 Å². The molecule has 2 aromatic carbocycles. The summed E-state index contributed by atoms with van der Waals surface area (Å²) in [5, 5.41) is 8.18. The second-order valence-electron chi connectivity index (χ2n) is 7.64. The van der Waals surface area contributed by atoms with Gasteiger partial charge in [-0.2, -0.15) is 5.10 Å². The molecule has 0 saturated carbocycles. The number of anilines is 1. The molecule has 5 rings (SSSR count). The summed E-state index contributed by atoms with van der Waals surface area (Å²) < 4.78 is 15.1. The van der Waals surface area contributed by atoms with Gasteiger partial charge in [-0.3, -0.25) is 20.6 Å². The van der Waals surface area contributed by atoms with Crippen LogP contribution in [-0.2, 0) is 0 Å². The molecule has 2 aromatic heterocycles. The van der Waals surface area contributed by atoms with E-state index in [1.807, 2.05) is 12.1 Å². The van der Waals surface area contributed by atoms with Crippen molar-refractivity contribution in [3.05, 3.63) is 95.0 Å². The van der Waals surface area contributed by atoms with Crippen LogP contribution >= 0.6 is 11.6 Å². The molecule has 1 saturated heterocycles. The molecule has 1 atom stereocenters. The number of hydrogen-bond donors (Lipinski definition) is 3. The van der Waals surface area contributed by atoms with E-state index >= 15 is 0 Å². The van der Waals surface area contributed by atoms with E-state index in [0.717, 1.165) is 24.1 Å². The molecule has 9 heteroatoms. The molecule has 0 bridgehead atoms. The highest BCUT2D eigenvalue weighted by Gasteiger charge is 2.21. The van der Waals surface area contributed by atoms with Gasteiger partial charge in [-0.25, -0.2) is 9.07 Å². The summed E-state index contributed by atoms with van der Waals surface area (Å²) in [5.41, 5.74) is 9.69. The summed E-state index contributed by atoms with van der Waals surface area (Å²) in [7, 11) is 0. The number of benzene rings is 2. The van der Waals surface area contributed by atoms with Crippen LogP contribution in [0.15, 0.2) is 73.1 Å². The molecule has 166 valence electrons. The third-order valence-electron chi connectivity index (χ3n) is 5.47. The lowest BCUT2D eigenvalue weighted by atomic mass is 10.0. The van der Waals surface area contributed by atoms with E-state index in [-0.39, 0.29) is 17.8 Å². The average molecular weight is 463 g/mol. The van der Waals surface area contributed by atoms with Gasteiger partial charge in [0, 0.05) is 47.2 Å². The summed E-state index contributed by atoms with van der Waals surface area (Å²) in [6.45, 7) is 0.825. The lowest BCUT2D eigenvalue weighted by Crippen LogP contribution is -2.25. The van der Waals surface area contributed by atoms with Gasteiger partial charge in [0.2, 0.25) is 0 Å². The first-order valence-electron chi connectivity index (χ1n) is 10.4. The fourth-order valence-corrected chi connectivity index (χ4v) is 4.02. The lowest BCUT2D eigenvalue weighted by Gasteiger charge is -2.14. The molecular formula is C24H20ClFN6O. The van der Waals surface area contributed by atoms with Gasteiger partial charge in [0.1, 0.15) is 11.6 Å². The Labute approximate surface area is 194 Å². The zero-order chi connectivity index (χ0) is 22.8. The number of halogens is 2. The van der Waals surface area contributed by atoms with Gasteiger partial charge in [0.15, 0.2) is 0 Å². The van der Waals surface area contributed by atoms with E-state index in [4.69, 9.17) is 11.6 Å².